The molecule has 0 heterocycles. The van der Waals surface area contributed by atoms with Crippen molar-refractivity contribution in [3.63, 3.8) is 0 Å². The molecule has 0 saturated carbocycles. The molecule has 1 aliphatic rings. The molecule has 2 aromatic rings. The zero-order chi connectivity index (χ0) is 13.1. The van der Waals surface area contributed by atoms with E-state index in [0.717, 1.165) is 18.6 Å². The highest BCUT2D eigenvalue weighted by Gasteiger charge is 2.22. The van der Waals surface area contributed by atoms with Crippen LogP contribution in [0, 0.1) is 0 Å². The van der Waals surface area contributed by atoms with Crippen LogP contribution in [0.1, 0.15) is 35.4 Å². The van der Waals surface area contributed by atoms with Crippen LogP contribution in [0.15, 0.2) is 48.5 Å². The monoisotopic (exact) mass is 252 g/mol. The molecular formula is C18H20O. The first kappa shape index (κ1) is 12.3. The third kappa shape index (κ3) is 2.51. The van der Waals surface area contributed by atoms with E-state index < -0.39 is 0 Å². The Morgan fingerprint density at radius 3 is 2.68 bits per heavy atom. The van der Waals surface area contributed by atoms with Crippen LogP contribution in [0.5, 0.6) is 5.75 Å². The summed E-state index contributed by atoms with van der Waals surface area (Å²) in [5, 5.41) is 0. The topological polar surface area (TPSA) is 9.23 Å². The number of rotatable bonds is 3. The van der Waals surface area contributed by atoms with Crippen LogP contribution in [-0.2, 0) is 12.8 Å². The summed E-state index contributed by atoms with van der Waals surface area (Å²) in [7, 11) is 1.77. The van der Waals surface area contributed by atoms with Gasteiger partial charge in [0.2, 0.25) is 0 Å². The molecular weight excluding hydrogens is 232 g/mol. The van der Waals surface area contributed by atoms with Gasteiger partial charge in [-0.3, -0.25) is 0 Å². The molecule has 98 valence electrons. The van der Waals surface area contributed by atoms with Gasteiger partial charge in [-0.2, -0.15) is 0 Å². The van der Waals surface area contributed by atoms with Gasteiger partial charge in [-0.25, -0.2) is 0 Å². The van der Waals surface area contributed by atoms with Gasteiger partial charge in [0.1, 0.15) is 5.75 Å². The summed E-state index contributed by atoms with van der Waals surface area (Å²) in [6.45, 7) is 0. The molecule has 1 aliphatic carbocycles. The number of hydrogen-bond acceptors (Lipinski definition) is 1. The van der Waals surface area contributed by atoms with E-state index in [1.54, 1.807) is 7.11 Å². The van der Waals surface area contributed by atoms with E-state index in [2.05, 4.69) is 48.5 Å². The number of fused-ring (bicyclic) bond motifs is 1. The average Bonchev–Trinajstić information content (AvgIpc) is 2.48. The summed E-state index contributed by atoms with van der Waals surface area (Å²) in [5.41, 5.74) is 4.36. The first-order valence-corrected chi connectivity index (χ1v) is 7.08. The Bertz CT molecular complexity index is 545. The quantitative estimate of drug-likeness (QED) is 0.788. The summed E-state index contributed by atoms with van der Waals surface area (Å²) in [5.74, 6) is 1.71. The van der Waals surface area contributed by atoms with Gasteiger partial charge < -0.3 is 4.74 Å². The van der Waals surface area contributed by atoms with Gasteiger partial charge >= 0.3 is 0 Å². The summed E-state index contributed by atoms with van der Waals surface area (Å²) < 4.78 is 5.51. The van der Waals surface area contributed by atoms with Crippen molar-refractivity contribution < 1.29 is 4.74 Å². The van der Waals surface area contributed by atoms with Crippen LogP contribution in [0.2, 0.25) is 0 Å². The lowest BCUT2D eigenvalue weighted by atomic mass is 9.79. The van der Waals surface area contributed by atoms with Crippen LogP contribution in [0.4, 0.5) is 0 Å². The smallest absolute Gasteiger partial charge is 0.122 e. The van der Waals surface area contributed by atoms with E-state index in [9.17, 15) is 0 Å². The second-order valence-electron chi connectivity index (χ2n) is 5.31. The molecule has 0 aromatic heterocycles. The van der Waals surface area contributed by atoms with E-state index in [4.69, 9.17) is 4.74 Å². The zero-order valence-corrected chi connectivity index (χ0v) is 11.4. The molecule has 1 unspecified atom stereocenters. The Hall–Kier alpha value is -1.76. The van der Waals surface area contributed by atoms with E-state index in [0.29, 0.717) is 5.92 Å². The fourth-order valence-corrected chi connectivity index (χ4v) is 3.22. The highest BCUT2D eigenvalue weighted by molar-refractivity contribution is 5.44. The maximum Gasteiger partial charge on any atom is 0.122 e. The first-order chi connectivity index (χ1) is 9.38. The molecule has 19 heavy (non-hydrogen) atoms. The molecule has 0 radical (unpaired) electrons. The molecule has 0 fully saturated rings. The molecule has 0 amide bonds. The lowest BCUT2D eigenvalue weighted by Crippen LogP contribution is -2.13. The highest BCUT2D eigenvalue weighted by Crippen LogP contribution is 2.38. The highest BCUT2D eigenvalue weighted by atomic mass is 16.5. The number of benzene rings is 2. The van der Waals surface area contributed by atoms with E-state index >= 15 is 0 Å². The molecule has 0 bridgehead atoms. The largest absolute Gasteiger partial charge is 0.496 e. The minimum Gasteiger partial charge on any atom is -0.496 e. The second kappa shape index (κ2) is 5.48. The van der Waals surface area contributed by atoms with Gasteiger partial charge in [-0.05, 0) is 54.4 Å². The normalized spacial score (nSPS) is 17.8. The molecule has 1 nitrogen and oxygen atoms in total. The number of methoxy groups -OCH3 is 1. The lowest BCUT2D eigenvalue weighted by molar-refractivity contribution is 0.402. The van der Waals surface area contributed by atoms with Crippen LogP contribution < -0.4 is 4.74 Å². The third-order valence-electron chi connectivity index (χ3n) is 4.13. The molecule has 0 saturated heterocycles. The molecule has 0 spiro atoms. The summed E-state index contributed by atoms with van der Waals surface area (Å²) >= 11 is 0. The van der Waals surface area contributed by atoms with Crippen molar-refractivity contribution in [3.05, 3.63) is 65.2 Å². The Morgan fingerprint density at radius 1 is 1.05 bits per heavy atom. The zero-order valence-electron chi connectivity index (χ0n) is 11.4. The minimum atomic E-state index is 0.640. The average molecular weight is 252 g/mol. The predicted molar refractivity (Wildman–Crippen MR) is 78.8 cm³/mol. The summed E-state index contributed by atoms with van der Waals surface area (Å²) in [6.07, 6.45) is 4.85. The predicted octanol–water partition coefficient (Wildman–Crippen LogP) is 4.36. The van der Waals surface area contributed by atoms with Gasteiger partial charge in [0.05, 0.1) is 7.11 Å². The standard InChI is InChI=1S/C18H20O/c1-19-18-12-6-10-16-15(9-5-11-17(16)18)13-14-7-3-2-4-8-14/h2-4,6-8,10,12,15H,5,9,11,13H2,1H3. The van der Waals surface area contributed by atoms with E-state index in [1.807, 2.05) is 0 Å². The lowest BCUT2D eigenvalue weighted by Gasteiger charge is -2.27. The molecule has 0 N–H and O–H groups in total. The second-order valence-corrected chi connectivity index (χ2v) is 5.31. The van der Waals surface area contributed by atoms with Gasteiger partial charge in [0.25, 0.3) is 0 Å². The van der Waals surface area contributed by atoms with E-state index in [1.165, 1.54) is 29.5 Å². The SMILES string of the molecule is COc1cccc2c1CCCC2Cc1ccccc1. The van der Waals surface area contributed by atoms with Crippen molar-refractivity contribution in [2.45, 2.75) is 31.6 Å². The molecule has 3 rings (SSSR count). The summed E-state index contributed by atoms with van der Waals surface area (Å²) in [4.78, 5) is 0. The Kier molecular flexibility index (Phi) is 3.54. The number of hydrogen-bond donors (Lipinski definition) is 0. The van der Waals surface area contributed by atoms with Crippen LogP contribution >= 0.6 is 0 Å². The third-order valence-corrected chi connectivity index (χ3v) is 4.13. The minimum absolute atomic E-state index is 0.640. The first-order valence-electron chi connectivity index (χ1n) is 7.08. The Labute approximate surface area is 115 Å². The van der Waals surface area contributed by atoms with Crippen LogP contribution in [0.3, 0.4) is 0 Å². The van der Waals surface area contributed by atoms with Crippen molar-refractivity contribution in [3.8, 4) is 5.75 Å². The van der Waals surface area contributed by atoms with Gasteiger partial charge in [0, 0.05) is 0 Å². The fourth-order valence-electron chi connectivity index (χ4n) is 3.22. The van der Waals surface area contributed by atoms with Crippen LogP contribution in [-0.4, -0.2) is 7.11 Å². The van der Waals surface area contributed by atoms with Gasteiger partial charge in [0.15, 0.2) is 0 Å². The maximum absolute atomic E-state index is 5.51. The van der Waals surface area contributed by atoms with Crippen molar-refractivity contribution >= 4 is 0 Å². The fraction of sp³-hybridized carbons (Fsp3) is 0.333. The van der Waals surface area contributed by atoms with Crippen LogP contribution in [0.25, 0.3) is 0 Å². The van der Waals surface area contributed by atoms with Crippen molar-refractivity contribution in [1.82, 2.24) is 0 Å². The maximum atomic E-state index is 5.51. The van der Waals surface area contributed by atoms with Crippen molar-refractivity contribution in [1.29, 1.82) is 0 Å². The van der Waals surface area contributed by atoms with E-state index in [-0.39, 0.29) is 0 Å². The summed E-state index contributed by atoms with van der Waals surface area (Å²) in [6, 6.07) is 17.3. The number of ether oxygens (including phenoxy) is 1. The van der Waals surface area contributed by atoms with Gasteiger partial charge in [-0.1, -0.05) is 42.5 Å². The molecule has 1 heteroatoms. The Balaban J connectivity index is 1.90. The molecule has 0 aliphatic heterocycles. The molecule has 2 aromatic carbocycles. The van der Waals surface area contributed by atoms with Crippen molar-refractivity contribution in [2.75, 3.05) is 7.11 Å². The Morgan fingerprint density at radius 2 is 1.89 bits per heavy atom. The van der Waals surface area contributed by atoms with Gasteiger partial charge in [-0.15, -0.1) is 0 Å². The molecule has 1 atom stereocenters. The van der Waals surface area contributed by atoms with Crippen molar-refractivity contribution in [2.24, 2.45) is 0 Å².